The Labute approximate surface area is 103 Å². The number of aliphatic imine (C=N–C) groups is 1. The van der Waals surface area contributed by atoms with Crippen molar-refractivity contribution in [2.24, 2.45) is 10.1 Å². The number of hydrogen-bond acceptors (Lipinski definition) is 4. The molecule has 0 aliphatic carbocycles. The van der Waals surface area contributed by atoms with Crippen LogP contribution in [0, 0.1) is 0 Å². The van der Waals surface area contributed by atoms with E-state index < -0.39 is 0 Å². The lowest BCUT2D eigenvalue weighted by atomic mass is 10.2. The van der Waals surface area contributed by atoms with Crippen LogP contribution in [0.1, 0.15) is 5.56 Å². The highest BCUT2D eigenvalue weighted by molar-refractivity contribution is 6.43. The Balaban J connectivity index is 2.03. The maximum Gasteiger partial charge on any atom is 0.212 e. The van der Waals surface area contributed by atoms with Crippen LogP contribution in [0.4, 0.5) is 0 Å². The first-order chi connectivity index (χ1) is 7.77. The lowest BCUT2D eigenvalue weighted by Crippen LogP contribution is -2.30. The number of guanidine groups is 1. The maximum absolute atomic E-state index is 5.99. The topological polar surface area (TPSA) is 48.8 Å². The monoisotopic (exact) mass is 256 g/mol. The molecule has 16 heavy (non-hydrogen) atoms. The third kappa shape index (κ3) is 2.65. The smallest absolute Gasteiger partial charge is 0.212 e. The van der Waals surface area contributed by atoms with Crippen LogP contribution in [-0.2, 0) is 0 Å². The van der Waals surface area contributed by atoms with Crippen LogP contribution in [-0.4, -0.2) is 25.3 Å². The van der Waals surface area contributed by atoms with Gasteiger partial charge in [0.05, 0.1) is 22.8 Å². The van der Waals surface area contributed by atoms with Gasteiger partial charge in [-0.2, -0.15) is 5.10 Å². The van der Waals surface area contributed by atoms with E-state index in [1.165, 1.54) is 0 Å². The van der Waals surface area contributed by atoms with Crippen LogP contribution < -0.4 is 10.7 Å². The van der Waals surface area contributed by atoms with E-state index in [2.05, 4.69) is 20.8 Å². The molecule has 1 aromatic rings. The molecule has 0 atom stereocenters. The molecule has 0 unspecified atom stereocenters. The van der Waals surface area contributed by atoms with E-state index in [1.807, 2.05) is 12.1 Å². The number of hydrogen-bond donors (Lipinski definition) is 2. The third-order valence-corrected chi connectivity index (χ3v) is 2.86. The van der Waals surface area contributed by atoms with Crippen molar-refractivity contribution in [1.29, 1.82) is 0 Å². The first-order valence-electron chi connectivity index (χ1n) is 4.79. The number of hydrazone groups is 1. The average molecular weight is 257 g/mol. The number of nitrogens with zero attached hydrogens (tertiary/aromatic N) is 2. The fourth-order valence-corrected chi connectivity index (χ4v) is 1.61. The van der Waals surface area contributed by atoms with Gasteiger partial charge in [0.25, 0.3) is 0 Å². The summed E-state index contributed by atoms with van der Waals surface area (Å²) in [7, 11) is 0. The summed E-state index contributed by atoms with van der Waals surface area (Å²) in [5, 5.41) is 8.06. The van der Waals surface area contributed by atoms with Crippen LogP contribution >= 0.6 is 23.2 Å². The molecular weight excluding hydrogens is 247 g/mol. The fraction of sp³-hybridized carbons (Fsp3) is 0.200. The van der Waals surface area contributed by atoms with E-state index in [0.29, 0.717) is 16.0 Å². The summed E-state index contributed by atoms with van der Waals surface area (Å²) in [4.78, 5) is 4.13. The van der Waals surface area contributed by atoms with Crippen LogP contribution in [0.2, 0.25) is 10.0 Å². The summed E-state index contributed by atoms with van der Waals surface area (Å²) >= 11 is 11.9. The Morgan fingerprint density at radius 2 is 2.31 bits per heavy atom. The molecule has 1 aromatic carbocycles. The van der Waals surface area contributed by atoms with Crippen molar-refractivity contribution < 1.29 is 0 Å². The van der Waals surface area contributed by atoms with Crippen LogP contribution in [0.25, 0.3) is 0 Å². The summed E-state index contributed by atoms with van der Waals surface area (Å²) in [5.41, 5.74) is 3.55. The van der Waals surface area contributed by atoms with Crippen molar-refractivity contribution in [3.05, 3.63) is 33.8 Å². The SMILES string of the molecule is Clc1cccc(/C=N/NC2=NCCN2)c1Cl. The van der Waals surface area contributed by atoms with Crippen molar-refractivity contribution in [1.82, 2.24) is 10.7 Å². The predicted molar refractivity (Wildman–Crippen MR) is 67.5 cm³/mol. The third-order valence-electron chi connectivity index (χ3n) is 2.03. The second kappa shape index (κ2) is 5.18. The van der Waals surface area contributed by atoms with Gasteiger partial charge in [-0.15, -0.1) is 0 Å². The molecule has 1 aliphatic heterocycles. The predicted octanol–water partition coefficient (Wildman–Crippen LogP) is 1.88. The minimum atomic E-state index is 0.496. The molecule has 6 heteroatoms. The van der Waals surface area contributed by atoms with Gasteiger partial charge in [-0.1, -0.05) is 35.3 Å². The lowest BCUT2D eigenvalue weighted by Gasteiger charge is -2.01. The Hall–Kier alpha value is -1.26. The molecule has 2 N–H and O–H groups in total. The van der Waals surface area contributed by atoms with Crippen molar-refractivity contribution in [2.45, 2.75) is 0 Å². The molecular formula is C10H10Cl2N4. The van der Waals surface area contributed by atoms with E-state index in [9.17, 15) is 0 Å². The van der Waals surface area contributed by atoms with Crippen LogP contribution in [0.15, 0.2) is 28.3 Å². The quantitative estimate of drug-likeness (QED) is 0.627. The Morgan fingerprint density at radius 1 is 1.44 bits per heavy atom. The van der Waals surface area contributed by atoms with E-state index in [1.54, 1.807) is 12.3 Å². The van der Waals surface area contributed by atoms with Gasteiger partial charge in [0.1, 0.15) is 0 Å². The summed E-state index contributed by atoms with van der Waals surface area (Å²) in [6.45, 7) is 1.62. The minimum Gasteiger partial charge on any atom is -0.353 e. The number of benzene rings is 1. The molecule has 0 amide bonds. The van der Waals surface area contributed by atoms with E-state index >= 15 is 0 Å². The van der Waals surface area contributed by atoms with Gasteiger partial charge >= 0.3 is 0 Å². The molecule has 4 nitrogen and oxygen atoms in total. The van der Waals surface area contributed by atoms with Crippen LogP contribution in [0.3, 0.4) is 0 Å². The Kier molecular flexibility index (Phi) is 3.64. The highest BCUT2D eigenvalue weighted by Gasteiger charge is 2.03. The van der Waals surface area contributed by atoms with Gasteiger partial charge in [-0.3, -0.25) is 0 Å². The zero-order chi connectivity index (χ0) is 11.4. The molecule has 1 aliphatic rings. The summed E-state index contributed by atoms with van der Waals surface area (Å²) in [6, 6.07) is 5.39. The summed E-state index contributed by atoms with van der Waals surface area (Å²) in [5.74, 6) is 0.675. The molecule has 0 saturated carbocycles. The average Bonchev–Trinajstić information content (AvgIpc) is 2.77. The first kappa shape index (κ1) is 11.2. The first-order valence-corrected chi connectivity index (χ1v) is 5.54. The highest BCUT2D eigenvalue weighted by atomic mass is 35.5. The molecule has 84 valence electrons. The number of nitrogens with one attached hydrogen (secondary N) is 2. The maximum atomic E-state index is 5.99. The molecule has 0 fully saturated rings. The van der Waals surface area contributed by atoms with Gasteiger partial charge in [0.15, 0.2) is 0 Å². The molecule has 0 saturated heterocycles. The fourth-order valence-electron chi connectivity index (χ4n) is 1.26. The second-order valence-corrected chi connectivity index (χ2v) is 3.96. The molecule has 0 spiro atoms. The molecule has 0 aromatic heterocycles. The molecule has 1 heterocycles. The minimum absolute atomic E-state index is 0.496. The van der Waals surface area contributed by atoms with Crippen molar-refractivity contribution >= 4 is 35.4 Å². The standard InChI is InChI=1S/C10H10Cl2N4/c11-8-3-1-2-7(9(8)12)6-15-16-10-13-4-5-14-10/h1-3,6H,4-5H2,(H2,13,14,16)/b15-6+. The van der Waals surface area contributed by atoms with Gasteiger partial charge in [0, 0.05) is 12.1 Å². The van der Waals surface area contributed by atoms with E-state index in [0.717, 1.165) is 18.7 Å². The number of halogens is 2. The van der Waals surface area contributed by atoms with Gasteiger partial charge in [-0.05, 0) is 6.07 Å². The summed E-state index contributed by atoms with van der Waals surface area (Å²) in [6.07, 6.45) is 1.61. The van der Waals surface area contributed by atoms with Gasteiger partial charge < -0.3 is 5.32 Å². The van der Waals surface area contributed by atoms with E-state index in [4.69, 9.17) is 23.2 Å². The second-order valence-electron chi connectivity index (χ2n) is 3.17. The molecule has 0 radical (unpaired) electrons. The molecule has 2 rings (SSSR count). The Bertz CT molecular complexity index is 442. The van der Waals surface area contributed by atoms with Crippen molar-refractivity contribution in [3.63, 3.8) is 0 Å². The largest absolute Gasteiger partial charge is 0.353 e. The van der Waals surface area contributed by atoms with Crippen molar-refractivity contribution in [3.8, 4) is 0 Å². The van der Waals surface area contributed by atoms with Gasteiger partial charge in [0.2, 0.25) is 5.96 Å². The van der Waals surface area contributed by atoms with E-state index in [-0.39, 0.29) is 0 Å². The van der Waals surface area contributed by atoms with Crippen LogP contribution in [0.5, 0.6) is 0 Å². The van der Waals surface area contributed by atoms with Crippen molar-refractivity contribution in [2.75, 3.05) is 13.1 Å². The lowest BCUT2D eigenvalue weighted by molar-refractivity contribution is 0.920. The zero-order valence-electron chi connectivity index (χ0n) is 8.37. The number of rotatable bonds is 2. The Morgan fingerprint density at radius 3 is 3.06 bits per heavy atom. The van der Waals surface area contributed by atoms with Gasteiger partial charge in [-0.25, -0.2) is 10.4 Å². The summed E-state index contributed by atoms with van der Waals surface area (Å²) < 4.78 is 0. The normalized spacial score (nSPS) is 15.0. The molecule has 0 bridgehead atoms. The zero-order valence-corrected chi connectivity index (χ0v) is 9.89. The highest BCUT2D eigenvalue weighted by Crippen LogP contribution is 2.23.